The van der Waals surface area contributed by atoms with Crippen molar-refractivity contribution in [2.75, 3.05) is 30.6 Å². The molecular weight excluding hydrogens is 327 g/mol. The summed E-state index contributed by atoms with van der Waals surface area (Å²) >= 11 is 5.00. The summed E-state index contributed by atoms with van der Waals surface area (Å²) in [5.41, 5.74) is -0.619. The van der Waals surface area contributed by atoms with Crippen molar-refractivity contribution in [1.29, 1.82) is 0 Å². The molecule has 3 N–H and O–H groups in total. The Morgan fingerprint density at radius 2 is 2.18 bits per heavy atom. The van der Waals surface area contributed by atoms with Crippen LogP contribution >= 0.6 is 12.2 Å². The molecule has 0 spiro atoms. The Kier molecular flexibility index (Phi) is 4.42. The average Bonchev–Trinajstić information content (AvgIpc) is 2.82. The topological polar surface area (TPSA) is 91.4 Å². The average molecular weight is 339 g/mol. The van der Waals surface area contributed by atoms with E-state index in [1.165, 1.54) is 4.57 Å². The third kappa shape index (κ3) is 3.06. The molecule has 1 aliphatic heterocycles. The number of aromatic nitrogens is 2. The van der Waals surface area contributed by atoms with Gasteiger partial charge in [-0.15, -0.1) is 0 Å². The standard InChI is InChI=1S/C10H12F3N5O3S/c1-14-2-3-17-7-5(6(19)16-9(17)22)15-4-18(7)21-8(20)10(11,12)13/h14-15H,2-4H2,1H3,(H,16,19,22). The number of likely N-dealkylation sites (N-methyl/N-ethyl adjacent to an activating group) is 1. The second kappa shape index (κ2) is 5.96. The van der Waals surface area contributed by atoms with E-state index in [1.54, 1.807) is 7.05 Å². The minimum atomic E-state index is -5.14. The second-order valence-corrected chi connectivity index (χ2v) is 4.69. The van der Waals surface area contributed by atoms with E-state index in [0.717, 1.165) is 0 Å². The Bertz CT molecular complexity index is 699. The summed E-state index contributed by atoms with van der Waals surface area (Å²) in [6.45, 7) is 0.405. The van der Waals surface area contributed by atoms with Crippen LogP contribution in [-0.2, 0) is 16.2 Å². The Morgan fingerprint density at radius 1 is 1.50 bits per heavy atom. The highest BCUT2D eigenvalue weighted by Gasteiger charge is 2.44. The third-order valence-electron chi connectivity index (χ3n) is 2.82. The zero-order valence-electron chi connectivity index (χ0n) is 11.3. The molecule has 0 radical (unpaired) electrons. The first-order chi connectivity index (χ1) is 10.3. The number of rotatable bonds is 4. The smallest absolute Gasteiger partial charge is 0.357 e. The van der Waals surface area contributed by atoms with Gasteiger partial charge in [-0.25, -0.2) is 4.79 Å². The summed E-state index contributed by atoms with van der Waals surface area (Å²) in [5, 5.41) is 6.07. The van der Waals surface area contributed by atoms with E-state index in [4.69, 9.17) is 12.2 Å². The fourth-order valence-corrected chi connectivity index (χ4v) is 2.13. The molecule has 0 fully saturated rings. The van der Waals surface area contributed by atoms with Crippen LogP contribution in [0.2, 0.25) is 0 Å². The lowest BCUT2D eigenvalue weighted by Crippen LogP contribution is -2.36. The highest BCUT2D eigenvalue weighted by Crippen LogP contribution is 2.29. The van der Waals surface area contributed by atoms with Crippen LogP contribution in [0.1, 0.15) is 0 Å². The lowest BCUT2D eigenvalue weighted by Gasteiger charge is -2.21. The maximum atomic E-state index is 12.3. The van der Waals surface area contributed by atoms with E-state index in [0.29, 0.717) is 11.6 Å². The lowest BCUT2D eigenvalue weighted by atomic mass is 10.4. The molecule has 0 saturated carbocycles. The Hall–Kier alpha value is -2.08. The van der Waals surface area contributed by atoms with E-state index in [2.05, 4.69) is 20.5 Å². The van der Waals surface area contributed by atoms with Crippen molar-refractivity contribution >= 4 is 29.7 Å². The summed E-state index contributed by atoms with van der Waals surface area (Å²) in [7, 11) is 1.68. The monoisotopic (exact) mass is 339 g/mol. The van der Waals surface area contributed by atoms with Crippen LogP contribution in [0.3, 0.4) is 0 Å². The normalized spacial score (nSPS) is 13.7. The second-order valence-electron chi connectivity index (χ2n) is 4.30. The van der Waals surface area contributed by atoms with Gasteiger partial charge in [0.1, 0.15) is 12.4 Å². The van der Waals surface area contributed by atoms with Crippen LogP contribution in [0.15, 0.2) is 4.79 Å². The van der Waals surface area contributed by atoms with E-state index < -0.39 is 17.7 Å². The first-order valence-corrected chi connectivity index (χ1v) is 6.48. The molecule has 0 saturated heterocycles. The summed E-state index contributed by atoms with van der Waals surface area (Å²) in [5.74, 6) is -2.41. The molecule has 1 aliphatic rings. The number of halogens is 3. The van der Waals surface area contributed by atoms with Crippen molar-refractivity contribution in [3.05, 3.63) is 15.1 Å². The number of alkyl halides is 3. The molecule has 0 bridgehead atoms. The van der Waals surface area contributed by atoms with Gasteiger partial charge in [0.15, 0.2) is 10.6 Å². The number of H-pyrrole nitrogens is 1. The molecule has 1 aromatic heterocycles. The van der Waals surface area contributed by atoms with E-state index in [9.17, 15) is 22.8 Å². The zero-order chi connectivity index (χ0) is 16.5. The van der Waals surface area contributed by atoms with Crippen LogP contribution in [0.25, 0.3) is 0 Å². The number of carbonyl (C=O) groups is 1. The fraction of sp³-hybridized carbons (Fsp3) is 0.500. The van der Waals surface area contributed by atoms with Crippen LogP contribution in [0, 0.1) is 4.77 Å². The van der Waals surface area contributed by atoms with Crippen molar-refractivity contribution in [3.63, 3.8) is 0 Å². The van der Waals surface area contributed by atoms with Crippen molar-refractivity contribution < 1.29 is 22.8 Å². The molecule has 12 heteroatoms. The van der Waals surface area contributed by atoms with Gasteiger partial charge in [-0.05, 0) is 19.3 Å². The molecule has 2 rings (SSSR count). The number of carbonyl (C=O) groups excluding carboxylic acids is 1. The van der Waals surface area contributed by atoms with Crippen LogP contribution in [0.4, 0.5) is 24.7 Å². The third-order valence-corrected chi connectivity index (χ3v) is 3.14. The number of hydrogen-bond donors (Lipinski definition) is 3. The quantitative estimate of drug-likeness (QED) is 0.681. The molecule has 8 nitrogen and oxygen atoms in total. The maximum Gasteiger partial charge on any atom is 0.493 e. The van der Waals surface area contributed by atoms with Gasteiger partial charge in [-0.3, -0.25) is 14.3 Å². The lowest BCUT2D eigenvalue weighted by molar-refractivity contribution is -0.201. The number of nitrogens with one attached hydrogen (secondary N) is 3. The molecule has 2 heterocycles. The van der Waals surface area contributed by atoms with E-state index in [-0.39, 0.29) is 29.5 Å². The van der Waals surface area contributed by atoms with Gasteiger partial charge < -0.3 is 15.5 Å². The number of nitrogens with zero attached hydrogens (tertiary/aromatic N) is 2. The fourth-order valence-electron chi connectivity index (χ4n) is 1.86. The maximum absolute atomic E-state index is 12.3. The number of anilines is 2. The van der Waals surface area contributed by atoms with Gasteiger partial charge >= 0.3 is 12.1 Å². The molecule has 0 amide bonds. The van der Waals surface area contributed by atoms with Crippen LogP contribution in [0.5, 0.6) is 0 Å². The van der Waals surface area contributed by atoms with Crippen molar-refractivity contribution in [2.24, 2.45) is 0 Å². The van der Waals surface area contributed by atoms with Gasteiger partial charge in [0.05, 0.1) is 0 Å². The van der Waals surface area contributed by atoms with E-state index in [1.807, 2.05) is 0 Å². The summed E-state index contributed by atoms with van der Waals surface area (Å²) in [6.07, 6.45) is -5.14. The van der Waals surface area contributed by atoms with Gasteiger partial charge in [-0.2, -0.15) is 18.2 Å². The van der Waals surface area contributed by atoms with Gasteiger partial charge in [0.2, 0.25) is 0 Å². The highest BCUT2D eigenvalue weighted by molar-refractivity contribution is 7.71. The van der Waals surface area contributed by atoms with E-state index >= 15 is 0 Å². The van der Waals surface area contributed by atoms with Gasteiger partial charge in [0.25, 0.3) is 5.56 Å². The minimum Gasteiger partial charge on any atom is -0.357 e. The Labute approximate surface area is 126 Å². The number of hydroxylamine groups is 1. The predicted molar refractivity (Wildman–Crippen MR) is 72.9 cm³/mol. The SMILES string of the molecule is CNCCn1c2c(c(=O)[nH]c1=S)NCN2OC(=O)C(F)(F)F. The van der Waals surface area contributed by atoms with Gasteiger partial charge in [0, 0.05) is 13.1 Å². The van der Waals surface area contributed by atoms with Crippen molar-refractivity contribution in [3.8, 4) is 0 Å². The van der Waals surface area contributed by atoms with Gasteiger partial charge in [-0.1, -0.05) is 0 Å². The molecule has 1 aromatic rings. The van der Waals surface area contributed by atoms with Crippen LogP contribution < -0.4 is 21.3 Å². The highest BCUT2D eigenvalue weighted by atomic mass is 32.1. The first-order valence-electron chi connectivity index (χ1n) is 6.08. The number of aromatic amines is 1. The molecule has 0 aliphatic carbocycles. The first kappa shape index (κ1) is 16.3. The van der Waals surface area contributed by atoms with Crippen molar-refractivity contribution in [1.82, 2.24) is 14.9 Å². The zero-order valence-corrected chi connectivity index (χ0v) is 12.1. The Morgan fingerprint density at radius 3 is 2.77 bits per heavy atom. The Balaban J connectivity index is 2.42. The summed E-state index contributed by atoms with van der Waals surface area (Å²) in [6, 6.07) is 0. The molecule has 0 aromatic carbocycles. The van der Waals surface area contributed by atoms with Crippen molar-refractivity contribution in [2.45, 2.75) is 12.7 Å². The largest absolute Gasteiger partial charge is 0.493 e. The summed E-state index contributed by atoms with van der Waals surface area (Å²) in [4.78, 5) is 29.5. The molecular formula is C10H12F3N5O3S. The minimum absolute atomic E-state index is 0.00996. The summed E-state index contributed by atoms with van der Waals surface area (Å²) < 4.78 is 38.3. The molecule has 22 heavy (non-hydrogen) atoms. The molecule has 0 unspecified atom stereocenters. The molecule has 0 atom stereocenters. The van der Waals surface area contributed by atoms with Crippen LogP contribution in [-0.4, -0.2) is 42.0 Å². The molecule has 122 valence electrons. The number of hydrogen-bond acceptors (Lipinski definition) is 7. The number of fused-ring (bicyclic) bond motifs is 1. The predicted octanol–water partition coefficient (Wildman–Crippen LogP) is 0.335.